The summed E-state index contributed by atoms with van der Waals surface area (Å²) < 4.78 is 12.5. The molecule has 2 nitrogen and oxygen atoms in total. The minimum Gasteiger partial charge on any atom is -0.485 e. The van der Waals surface area contributed by atoms with Gasteiger partial charge in [0.1, 0.15) is 12.7 Å². The van der Waals surface area contributed by atoms with Gasteiger partial charge in [-0.1, -0.05) is 22.6 Å². The van der Waals surface area contributed by atoms with Gasteiger partial charge in [-0.2, -0.15) is 0 Å². The van der Waals surface area contributed by atoms with E-state index in [1.165, 1.54) is 10.8 Å². The number of hydrogen-bond acceptors (Lipinski definition) is 3. The maximum atomic E-state index is 5.76. The number of thiophene rings is 1. The van der Waals surface area contributed by atoms with Crippen molar-refractivity contribution in [2.75, 3.05) is 11.0 Å². The van der Waals surface area contributed by atoms with Crippen molar-refractivity contribution in [3.63, 3.8) is 0 Å². The fourth-order valence-electron chi connectivity index (χ4n) is 1.31. The van der Waals surface area contributed by atoms with Gasteiger partial charge in [-0.3, -0.25) is 0 Å². The third kappa shape index (κ3) is 2.28. The Balaban J connectivity index is 1.93. The second-order valence-corrected chi connectivity index (χ2v) is 4.80. The monoisotopic (exact) mass is 310 g/mol. The van der Waals surface area contributed by atoms with Crippen LogP contribution in [-0.4, -0.2) is 17.1 Å². The van der Waals surface area contributed by atoms with Crippen molar-refractivity contribution in [2.45, 2.75) is 18.9 Å². The predicted molar refractivity (Wildman–Crippen MR) is 62.4 cm³/mol. The van der Waals surface area contributed by atoms with Crippen LogP contribution in [0, 0.1) is 0 Å². The first kappa shape index (κ1) is 9.58. The van der Waals surface area contributed by atoms with Crippen molar-refractivity contribution in [1.82, 2.24) is 0 Å². The summed E-state index contributed by atoms with van der Waals surface area (Å²) in [6.07, 6.45) is 2.56. The summed E-state index contributed by atoms with van der Waals surface area (Å²) >= 11 is 4.02. The lowest BCUT2D eigenvalue weighted by atomic mass is 10.2. The number of ether oxygens (including phenoxy) is 2. The minimum atomic E-state index is 0.261. The smallest absolute Gasteiger partial charge is 0.172 e. The van der Waals surface area contributed by atoms with Crippen molar-refractivity contribution in [2.24, 2.45) is 0 Å². The molecule has 0 spiro atoms. The normalized spacial score (nSPS) is 20.2. The van der Waals surface area contributed by atoms with Crippen molar-refractivity contribution in [1.29, 1.82) is 0 Å². The Hall–Kier alpha value is 0.0300. The van der Waals surface area contributed by atoms with Crippen LogP contribution in [-0.2, 0) is 0 Å². The third-order valence-corrected chi connectivity index (χ3v) is 3.43. The number of hydrogen-bond donors (Lipinski definition) is 0. The Bertz CT molecular complexity index is 274. The number of halogens is 1. The molecule has 0 radical (unpaired) electrons. The van der Waals surface area contributed by atoms with Crippen molar-refractivity contribution < 1.29 is 9.47 Å². The van der Waals surface area contributed by atoms with Crippen molar-refractivity contribution in [3.05, 3.63) is 10.8 Å². The average molecular weight is 310 g/mol. The van der Waals surface area contributed by atoms with Gasteiger partial charge >= 0.3 is 0 Å². The first-order valence-corrected chi connectivity index (χ1v) is 6.78. The quantitative estimate of drug-likeness (QED) is 0.631. The van der Waals surface area contributed by atoms with Crippen LogP contribution in [0.15, 0.2) is 10.8 Å². The highest BCUT2D eigenvalue weighted by Crippen LogP contribution is 2.35. The van der Waals surface area contributed by atoms with E-state index in [0.29, 0.717) is 6.61 Å². The van der Waals surface area contributed by atoms with Crippen LogP contribution >= 0.6 is 33.9 Å². The van der Waals surface area contributed by atoms with Crippen LogP contribution in [0.3, 0.4) is 0 Å². The molecule has 1 aromatic heterocycles. The highest BCUT2D eigenvalue weighted by atomic mass is 127. The van der Waals surface area contributed by atoms with Crippen LogP contribution < -0.4 is 9.47 Å². The summed E-state index contributed by atoms with van der Waals surface area (Å²) in [5, 5.41) is 4.00. The molecular weight excluding hydrogens is 299 g/mol. The fourth-order valence-corrected chi connectivity index (χ4v) is 2.42. The van der Waals surface area contributed by atoms with Gasteiger partial charge in [0.05, 0.1) is 0 Å². The van der Waals surface area contributed by atoms with Gasteiger partial charge in [0, 0.05) is 10.8 Å². The maximum absolute atomic E-state index is 5.76. The predicted octanol–water partition coefficient (Wildman–Crippen LogP) is 3.10. The molecule has 0 N–H and O–H groups in total. The van der Waals surface area contributed by atoms with Gasteiger partial charge in [0.15, 0.2) is 11.5 Å². The summed E-state index contributed by atoms with van der Waals surface area (Å²) in [4.78, 5) is 0. The minimum absolute atomic E-state index is 0.261. The molecule has 1 aliphatic rings. The third-order valence-electron chi connectivity index (χ3n) is 1.97. The maximum Gasteiger partial charge on any atom is 0.172 e. The molecule has 0 aromatic carbocycles. The van der Waals surface area contributed by atoms with Gasteiger partial charge in [-0.25, -0.2) is 0 Å². The molecule has 1 atom stereocenters. The van der Waals surface area contributed by atoms with E-state index in [9.17, 15) is 0 Å². The Kier molecular flexibility index (Phi) is 3.32. The SMILES string of the molecule is ICCCC1COc2cscc2O1. The van der Waals surface area contributed by atoms with Gasteiger partial charge in [-0.15, -0.1) is 11.3 Å². The molecule has 0 amide bonds. The Morgan fingerprint density at radius 3 is 3.15 bits per heavy atom. The second-order valence-electron chi connectivity index (χ2n) is 2.98. The second kappa shape index (κ2) is 4.50. The lowest BCUT2D eigenvalue weighted by Crippen LogP contribution is -2.28. The first-order valence-electron chi connectivity index (χ1n) is 4.32. The van der Waals surface area contributed by atoms with Gasteiger partial charge in [0.2, 0.25) is 0 Å². The zero-order valence-corrected chi connectivity index (χ0v) is 10.1. The molecule has 0 fully saturated rings. The number of alkyl halides is 1. The largest absolute Gasteiger partial charge is 0.485 e. The molecule has 72 valence electrons. The lowest BCUT2D eigenvalue weighted by molar-refractivity contribution is 0.0861. The highest BCUT2D eigenvalue weighted by Gasteiger charge is 2.20. The summed E-state index contributed by atoms with van der Waals surface area (Å²) in [5.74, 6) is 1.84. The van der Waals surface area contributed by atoms with Crippen LogP contribution in [0.4, 0.5) is 0 Å². The molecule has 0 bridgehead atoms. The van der Waals surface area contributed by atoms with Gasteiger partial charge in [0.25, 0.3) is 0 Å². The molecule has 13 heavy (non-hydrogen) atoms. The molecule has 1 unspecified atom stereocenters. The molecule has 0 saturated heterocycles. The fraction of sp³-hybridized carbons (Fsp3) is 0.556. The summed E-state index contributed by atoms with van der Waals surface area (Å²) in [5.41, 5.74) is 0. The van der Waals surface area contributed by atoms with Crippen molar-refractivity contribution in [3.8, 4) is 11.5 Å². The summed E-state index contributed by atoms with van der Waals surface area (Å²) in [7, 11) is 0. The Morgan fingerprint density at radius 1 is 1.46 bits per heavy atom. The van der Waals surface area contributed by atoms with Gasteiger partial charge in [-0.05, 0) is 17.3 Å². The number of rotatable bonds is 3. The van der Waals surface area contributed by atoms with Crippen molar-refractivity contribution >= 4 is 33.9 Å². The van der Waals surface area contributed by atoms with E-state index in [0.717, 1.165) is 17.9 Å². The van der Waals surface area contributed by atoms with Crippen LogP contribution in [0.25, 0.3) is 0 Å². The van der Waals surface area contributed by atoms with E-state index in [-0.39, 0.29) is 6.10 Å². The number of fused-ring (bicyclic) bond motifs is 1. The first-order chi connectivity index (χ1) is 6.40. The molecule has 2 rings (SSSR count). The lowest BCUT2D eigenvalue weighted by Gasteiger charge is -2.24. The molecule has 0 aliphatic carbocycles. The van der Waals surface area contributed by atoms with Crippen LogP contribution in [0.2, 0.25) is 0 Å². The van der Waals surface area contributed by atoms with Gasteiger partial charge < -0.3 is 9.47 Å². The van der Waals surface area contributed by atoms with E-state index in [4.69, 9.17) is 9.47 Å². The Morgan fingerprint density at radius 2 is 2.31 bits per heavy atom. The average Bonchev–Trinajstić information content (AvgIpc) is 2.61. The zero-order valence-electron chi connectivity index (χ0n) is 7.16. The Labute approximate surface area is 95.4 Å². The van der Waals surface area contributed by atoms with Crippen LogP contribution in [0.1, 0.15) is 12.8 Å². The van der Waals surface area contributed by atoms with Crippen LogP contribution in [0.5, 0.6) is 11.5 Å². The zero-order chi connectivity index (χ0) is 9.10. The standard InChI is InChI=1S/C9H11IO2S/c10-3-1-2-7-4-11-8-5-13-6-9(8)12-7/h5-7H,1-4H2. The van der Waals surface area contributed by atoms with E-state index < -0.39 is 0 Å². The molecule has 1 aliphatic heterocycles. The molecule has 1 aromatic rings. The molecular formula is C9H11IO2S. The molecule has 4 heteroatoms. The summed E-state index contributed by atoms with van der Waals surface area (Å²) in [6.45, 7) is 0.709. The summed E-state index contributed by atoms with van der Waals surface area (Å²) in [6, 6.07) is 0. The van der Waals surface area contributed by atoms with E-state index in [1.807, 2.05) is 10.8 Å². The highest BCUT2D eigenvalue weighted by molar-refractivity contribution is 14.1. The van der Waals surface area contributed by atoms with E-state index in [2.05, 4.69) is 22.6 Å². The molecule has 2 heterocycles. The van der Waals surface area contributed by atoms with E-state index >= 15 is 0 Å². The molecule has 0 saturated carbocycles. The topological polar surface area (TPSA) is 18.5 Å². The van der Waals surface area contributed by atoms with E-state index in [1.54, 1.807) is 11.3 Å².